The molecule has 0 aromatic heterocycles. The van der Waals surface area contributed by atoms with Gasteiger partial charge in [0, 0.05) is 19.3 Å². The largest absolute Gasteiger partial charge is 0.462 e. The first-order valence-electron chi connectivity index (χ1n) is 25.7. The van der Waals surface area contributed by atoms with Crippen molar-refractivity contribution in [1.82, 2.24) is 0 Å². The molecule has 0 saturated heterocycles. The molecular formula is C52H100O6. The number of ether oxygens (including phenoxy) is 3. The Hall–Kier alpha value is -1.59. The maximum Gasteiger partial charge on any atom is 0.306 e. The Balaban J connectivity index is 4.25. The first kappa shape index (κ1) is 56.4. The van der Waals surface area contributed by atoms with Gasteiger partial charge in [-0.3, -0.25) is 14.4 Å². The molecule has 0 rings (SSSR count). The lowest BCUT2D eigenvalue weighted by molar-refractivity contribution is -0.167. The minimum absolute atomic E-state index is 0.0639. The lowest BCUT2D eigenvalue weighted by atomic mass is 10.0. The highest BCUT2D eigenvalue weighted by atomic mass is 16.6. The lowest BCUT2D eigenvalue weighted by Crippen LogP contribution is -2.30. The molecule has 0 heterocycles. The van der Waals surface area contributed by atoms with Crippen LogP contribution in [0.4, 0.5) is 0 Å². The second-order valence-electron chi connectivity index (χ2n) is 18.8. The van der Waals surface area contributed by atoms with E-state index in [1.807, 2.05) is 0 Å². The molecule has 0 bridgehead atoms. The summed E-state index contributed by atoms with van der Waals surface area (Å²) >= 11 is 0. The number of esters is 3. The van der Waals surface area contributed by atoms with E-state index in [0.29, 0.717) is 19.3 Å². The van der Waals surface area contributed by atoms with Crippen molar-refractivity contribution in [3.63, 3.8) is 0 Å². The predicted molar refractivity (Wildman–Crippen MR) is 247 cm³/mol. The van der Waals surface area contributed by atoms with Gasteiger partial charge >= 0.3 is 17.9 Å². The number of carbonyl (C=O) groups is 3. The minimum atomic E-state index is -0.761. The van der Waals surface area contributed by atoms with Crippen molar-refractivity contribution in [3.8, 4) is 0 Å². The summed E-state index contributed by atoms with van der Waals surface area (Å²) in [5, 5.41) is 0. The van der Waals surface area contributed by atoms with Crippen molar-refractivity contribution in [2.75, 3.05) is 13.2 Å². The van der Waals surface area contributed by atoms with Gasteiger partial charge in [-0.05, 0) is 31.1 Å². The second-order valence-corrected chi connectivity index (χ2v) is 18.8. The minimum Gasteiger partial charge on any atom is -0.462 e. The maximum absolute atomic E-state index is 12.7. The third-order valence-corrected chi connectivity index (χ3v) is 11.7. The highest BCUT2D eigenvalue weighted by Crippen LogP contribution is 2.17. The standard InChI is InChI=1S/C52H100O6/c1-6-7-8-9-10-11-22-27-32-37-42-50(53)56-45-49(58-52(55)44-39-34-29-24-19-21-26-31-36-41-48(4)5)46-57-51(54)43-38-33-28-23-18-16-14-12-13-15-17-20-25-30-35-40-47(2)3/h47-49H,6-46H2,1-5H3/t49-/m1/s1. The summed E-state index contributed by atoms with van der Waals surface area (Å²) in [6.07, 6.45) is 45.2. The van der Waals surface area contributed by atoms with Gasteiger partial charge in [-0.2, -0.15) is 0 Å². The lowest BCUT2D eigenvalue weighted by Gasteiger charge is -2.18. The molecule has 344 valence electrons. The average molecular weight is 821 g/mol. The van der Waals surface area contributed by atoms with Crippen LogP contribution in [0.2, 0.25) is 0 Å². The number of hydrogen-bond donors (Lipinski definition) is 0. The molecule has 6 heteroatoms. The monoisotopic (exact) mass is 821 g/mol. The SMILES string of the molecule is CCCCCCCCCCCCC(=O)OC[C@H](COC(=O)CCCCCCCCCCCCCCCCCC(C)C)OC(=O)CCCCCCCCCCCC(C)C. The Morgan fingerprint density at radius 3 is 0.845 bits per heavy atom. The molecule has 0 aliphatic heterocycles. The van der Waals surface area contributed by atoms with Crippen LogP contribution in [0.5, 0.6) is 0 Å². The van der Waals surface area contributed by atoms with Gasteiger partial charge in [0.25, 0.3) is 0 Å². The van der Waals surface area contributed by atoms with Gasteiger partial charge in [0.1, 0.15) is 13.2 Å². The van der Waals surface area contributed by atoms with Crippen LogP contribution >= 0.6 is 0 Å². The fourth-order valence-corrected chi connectivity index (χ4v) is 7.81. The Bertz CT molecular complexity index is 885. The number of carbonyl (C=O) groups excluding carboxylic acids is 3. The van der Waals surface area contributed by atoms with E-state index in [1.165, 1.54) is 173 Å². The Labute approximate surface area is 361 Å². The zero-order chi connectivity index (χ0) is 42.6. The number of unbranched alkanes of at least 4 members (excludes halogenated alkanes) is 31. The van der Waals surface area contributed by atoms with Crippen LogP contribution in [-0.2, 0) is 28.6 Å². The van der Waals surface area contributed by atoms with Crippen LogP contribution in [0.25, 0.3) is 0 Å². The molecular weight excluding hydrogens is 721 g/mol. The van der Waals surface area contributed by atoms with Gasteiger partial charge in [0.05, 0.1) is 0 Å². The highest BCUT2D eigenvalue weighted by Gasteiger charge is 2.19. The first-order valence-corrected chi connectivity index (χ1v) is 25.7. The number of rotatable bonds is 46. The van der Waals surface area contributed by atoms with E-state index in [-0.39, 0.29) is 31.1 Å². The van der Waals surface area contributed by atoms with Gasteiger partial charge in [0.15, 0.2) is 6.10 Å². The Morgan fingerprint density at radius 2 is 0.569 bits per heavy atom. The van der Waals surface area contributed by atoms with Crippen LogP contribution in [0.1, 0.15) is 285 Å². The van der Waals surface area contributed by atoms with Crippen LogP contribution < -0.4 is 0 Å². The fraction of sp³-hybridized carbons (Fsp3) is 0.942. The molecule has 0 aromatic rings. The van der Waals surface area contributed by atoms with Crippen LogP contribution in [-0.4, -0.2) is 37.2 Å². The van der Waals surface area contributed by atoms with E-state index in [2.05, 4.69) is 34.6 Å². The van der Waals surface area contributed by atoms with Gasteiger partial charge in [-0.1, -0.05) is 247 Å². The molecule has 6 nitrogen and oxygen atoms in total. The van der Waals surface area contributed by atoms with E-state index in [1.54, 1.807) is 0 Å². The van der Waals surface area contributed by atoms with Crippen LogP contribution in [0, 0.1) is 11.8 Å². The molecule has 58 heavy (non-hydrogen) atoms. The van der Waals surface area contributed by atoms with E-state index >= 15 is 0 Å². The van der Waals surface area contributed by atoms with Crippen molar-refractivity contribution in [3.05, 3.63) is 0 Å². The molecule has 0 aromatic carbocycles. The smallest absolute Gasteiger partial charge is 0.306 e. The molecule has 0 radical (unpaired) electrons. The zero-order valence-electron chi connectivity index (χ0n) is 39.7. The third-order valence-electron chi connectivity index (χ3n) is 11.7. The summed E-state index contributed by atoms with van der Waals surface area (Å²) in [7, 11) is 0. The predicted octanol–water partition coefficient (Wildman–Crippen LogP) is 16.5. The molecule has 0 aliphatic rings. The summed E-state index contributed by atoms with van der Waals surface area (Å²) in [5.41, 5.74) is 0. The van der Waals surface area contributed by atoms with Gasteiger partial charge < -0.3 is 14.2 Å². The summed E-state index contributed by atoms with van der Waals surface area (Å²) < 4.78 is 16.8. The van der Waals surface area contributed by atoms with E-state index in [4.69, 9.17) is 14.2 Å². The first-order chi connectivity index (χ1) is 28.2. The molecule has 0 saturated carbocycles. The summed E-state index contributed by atoms with van der Waals surface area (Å²) in [4.78, 5) is 37.9. The Kier molecular flexibility index (Phi) is 43.7. The zero-order valence-corrected chi connectivity index (χ0v) is 39.7. The summed E-state index contributed by atoms with van der Waals surface area (Å²) in [6, 6.07) is 0. The average Bonchev–Trinajstić information content (AvgIpc) is 3.19. The third kappa shape index (κ3) is 45.5. The Morgan fingerprint density at radius 1 is 0.328 bits per heavy atom. The normalized spacial score (nSPS) is 12.1. The second kappa shape index (κ2) is 44.9. The van der Waals surface area contributed by atoms with E-state index in [0.717, 1.165) is 69.6 Å². The molecule has 1 atom stereocenters. The maximum atomic E-state index is 12.7. The van der Waals surface area contributed by atoms with Gasteiger partial charge in [-0.25, -0.2) is 0 Å². The molecule has 0 amide bonds. The number of hydrogen-bond acceptors (Lipinski definition) is 6. The molecule has 0 N–H and O–H groups in total. The van der Waals surface area contributed by atoms with Crippen molar-refractivity contribution in [2.45, 2.75) is 291 Å². The van der Waals surface area contributed by atoms with Crippen molar-refractivity contribution >= 4 is 17.9 Å². The van der Waals surface area contributed by atoms with Crippen LogP contribution in [0.15, 0.2) is 0 Å². The quantitative estimate of drug-likeness (QED) is 0.0346. The van der Waals surface area contributed by atoms with Crippen molar-refractivity contribution in [1.29, 1.82) is 0 Å². The highest BCUT2D eigenvalue weighted by molar-refractivity contribution is 5.71. The van der Waals surface area contributed by atoms with Gasteiger partial charge in [-0.15, -0.1) is 0 Å². The molecule has 0 spiro atoms. The van der Waals surface area contributed by atoms with Crippen molar-refractivity contribution in [2.24, 2.45) is 11.8 Å². The summed E-state index contributed by atoms with van der Waals surface area (Å²) in [5.74, 6) is 0.804. The molecule has 0 fully saturated rings. The van der Waals surface area contributed by atoms with E-state index in [9.17, 15) is 14.4 Å². The summed E-state index contributed by atoms with van der Waals surface area (Å²) in [6.45, 7) is 11.4. The molecule has 0 aliphatic carbocycles. The van der Waals surface area contributed by atoms with E-state index < -0.39 is 6.10 Å². The van der Waals surface area contributed by atoms with Crippen LogP contribution in [0.3, 0.4) is 0 Å². The molecule has 0 unspecified atom stereocenters. The van der Waals surface area contributed by atoms with Gasteiger partial charge in [0.2, 0.25) is 0 Å². The topological polar surface area (TPSA) is 78.9 Å². The van der Waals surface area contributed by atoms with Crippen molar-refractivity contribution < 1.29 is 28.6 Å². The fourth-order valence-electron chi connectivity index (χ4n) is 7.81.